The van der Waals surface area contributed by atoms with Gasteiger partial charge in [0.1, 0.15) is 0 Å². The van der Waals surface area contributed by atoms with Crippen LogP contribution in [0.1, 0.15) is 44.1 Å². The minimum absolute atomic E-state index is 0.0180. The molecule has 1 spiro atoms. The first-order valence-electron chi connectivity index (χ1n) is 10.8. The number of nitrogens with zero attached hydrogens (tertiary/aromatic N) is 1. The Morgan fingerprint density at radius 3 is 2.36 bits per heavy atom. The van der Waals surface area contributed by atoms with Crippen LogP contribution in [0.2, 0.25) is 5.02 Å². The number of aliphatic carboxylic acids is 1. The van der Waals surface area contributed by atoms with Crippen molar-refractivity contribution in [1.29, 1.82) is 0 Å². The molecule has 0 bridgehead atoms. The molecular formula is C21H28ClF3N2O5S. The van der Waals surface area contributed by atoms with E-state index < -0.39 is 22.2 Å². The Morgan fingerprint density at radius 2 is 1.82 bits per heavy atom. The highest BCUT2D eigenvalue weighted by Gasteiger charge is 2.43. The fourth-order valence-electron chi connectivity index (χ4n) is 4.17. The number of hydrogen-bond donors (Lipinski definition) is 2. The Kier molecular flexibility index (Phi) is 8.32. The molecule has 1 aromatic rings. The number of halogens is 4. The summed E-state index contributed by atoms with van der Waals surface area (Å²) in [5.74, 6) is -2.76. The summed E-state index contributed by atoms with van der Waals surface area (Å²) in [5.41, 5.74) is 0.983. The first-order chi connectivity index (χ1) is 15.4. The highest BCUT2D eigenvalue weighted by Crippen LogP contribution is 2.37. The third kappa shape index (κ3) is 7.54. The van der Waals surface area contributed by atoms with Gasteiger partial charge in [0.15, 0.2) is 0 Å². The predicted molar refractivity (Wildman–Crippen MR) is 116 cm³/mol. The number of rotatable bonds is 5. The van der Waals surface area contributed by atoms with Crippen LogP contribution < -0.4 is 4.72 Å². The minimum Gasteiger partial charge on any atom is -0.475 e. The quantitative estimate of drug-likeness (QED) is 0.626. The van der Waals surface area contributed by atoms with Gasteiger partial charge in [0.25, 0.3) is 0 Å². The molecule has 0 amide bonds. The molecule has 12 heteroatoms. The van der Waals surface area contributed by atoms with Crippen LogP contribution in [0, 0.1) is 0 Å². The second kappa shape index (κ2) is 10.5. The Labute approximate surface area is 196 Å². The molecule has 7 nitrogen and oxygen atoms in total. The van der Waals surface area contributed by atoms with E-state index in [1.807, 2.05) is 18.2 Å². The molecule has 2 heterocycles. The molecule has 1 aromatic carbocycles. The van der Waals surface area contributed by atoms with Crippen LogP contribution >= 0.6 is 11.6 Å². The Balaban J connectivity index is 0.000000383. The number of sulfonamides is 1. The normalized spacial score (nSPS) is 23.6. The zero-order valence-electron chi connectivity index (χ0n) is 18.0. The lowest BCUT2D eigenvalue weighted by atomic mass is 9.82. The first-order valence-corrected chi connectivity index (χ1v) is 12.7. The van der Waals surface area contributed by atoms with Crippen molar-refractivity contribution in [3.8, 4) is 0 Å². The summed E-state index contributed by atoms with van der Waals surface area (Å²) in [6, 6.07) is 8.00. The van der Waals surface area contributed by atoms with Crippen LogP contribution in [0.15, 0.2) is 24.3 Å². The van der Waals surface area contributed by atoms with E-state index in [2.05, 4.69) is 15.7 Å². The van der Waals surface area contributed by atoms with Crippen LogP contribution in [0.25, 0.3) is 0 Å². The number of hydrogen-bond acceptors (Lipinski definition) is 5. The van der Waals surface area contributed by atoms with Crippen LogP contribution in [0.4, 0.5) is 13.2 Å². The average Bonchev–Trinajstić information content (AvgIpc) is 3.57. The lowest BCUT2D eigenvalue weighted by Crippen LogP contribution is -2.53. The van der Waals surface area contributed by atoms with Gasteiger partial charge in [-0.25, -0.2) is 17.9 Å². The van der Waals surface area contributed by atoms with E-state index in [1.54, 1.807) is 0 Å². The van der Waals surface area contributed by atoms with Gasteiger partial charge in [-0.15, -0.1) is 0 Å². The molecule has 0 radical (unpaired) electrons. The van der Waals surface area contributed by atoms with E-state index in [9.17, 15) is 21.6 Å². The fourth-order valence-corrected chi connectivity index (χ4v) is 5.98. The predicted octanol–water partition coefficient (Wildman–Crippen LogP) is 3.57. The monoisotopic (exact) mass is 512 g/mol. The number of carboxylic acid groups (broad SMARTS) is 1. The second-order valence-electron chi connectivity index (χ2n) is 8.75. The van der Waals surface area contributed by atoms with Gasteiger partial charge in [0.2, 0.25) is 10.0 Å². The molecule has 1 atom stereocenters. The third-order valence-electron chi connectivity index (χ3n) is 6.15. The number of carbonyl (C=O) groups is 1. The number of alkyl halides is 3. The van der Waals surface area contributed by atoms with Gasteiger partial charge in [-0.2, -0.15) is 13.2 Å². The van der Waals surface area contributed by atoms with Crippen LogP contribution in [0.3, 0.4) is 0 Å². The van der Waals surface area contributed by atoms with Crippen LogP contribution in [0.5, 0.6) is 0 Å². The largest absolute Gasteiger partial charge is 0.490 e. The summed E-state index contributed by atoms with van der Waals surface area (Å²) in [4.78, 5) is 11.3. The smallest absolute Gasteiger partial charge is 0.475 e. The molecule has 1 aliphatic carbocycles. The molecule has 0 aromatic heterocycles. The van der Waals surface area contributed by atoms with Crippen molar-refractivity contribution in [1.82, 2.24) is 9.62 Å². The maximum Gasteiger partial charge on any atom is 0.490 e. The third-order valence-corrected chi connectivity index (χ3v) is 8.53. The van der Waals surface area contributed by atoms with E-state index in [0.29, 0.717) is 6.61 Å². The first kappa shape index (κ1) is 26.2. The molecule has 33 heavy (non-hydrogen) atoms. The minimum atomic E-state index is -5.08. The molecule has 2 saturated heterocycles. The van der Waals surface area contributed by atoms with Crippen LogP contribution in [-0.2, 0) is 26.1 Å². The summed E-state index contributed by atoms with van der Waals surface area (Å²) in [7, 11) is -3.13. The number of likely N-dealkylation sites (tertiary alicyclic amines) is 1. The number of nitrogens with one attached hydrogen (secondary N) is 1. The van der Waals surface area contributed by atoms with Crippen molar-refractivity contribution in [3.05, 3.63) is 34.9 Å². The molecule has 3 fully saturated rings. The van der Waals surface area contributed by atoms with E-state index in [0.717, 1.165) is 68.7 Å². The molecular weight excluding hydrogens is 485 g/mol. The molecule has 186 valence electrons. The molecule has 3 aliphatic rings. The van der Waals surface area contributed by atoms with Gasteiger partial charge in [-0.05, 0) is 50.2 Å². The Hall–Kier alpha value is -1.40. The van der Waals surface area contributed by atoms with E-state index in [-0.39, 0.29) is 16.9 Å². The van der Waals surface area contributed by atoms with Crippen molar-refractivity contribution < 1.29 is 36.2 Å². The highest BCUT2D eigenvalue weighted by atomic mass is 35.5. The molecule has 1 saturated carbocycles. The standard InChI is InChI=1S/C19H27ClN2O3S.C2HF3O2/c20-18-4-2-1-3-15(18)14-22-10-8-19(9-11-22)13-16(7-12-25-19)21-26(23,24)17-5-6-17;3-2(4,5)1(6)7/h1-4,16-17,21H,5-14H2;(H,6,7). The van der Waals surface area contributed by atoms with Crippen molar-refractivity contribution in [2.75, 3.05) is 19.7 Å². The van der Waals surface area contributed by atoms with E-state index >= 15 is 0 Å². The van der Waals surface area contributed by atoms with E-state index in [4.69, 9.17) is 26.2 Å². The topological polar surface area (TPSA) is 95.9 Å². The summed E-state index contributed by atoms with van der Waals surface area (Å²) in [5, 5.41) is 7.79. The number of ether oxygens (including phenoxy) is 1. The van der Waals surface area contributed by atoms with Gasteiger partial charge < -0.3 is 9.84 Å². The van der Waals surface area contributed by atoms with Crippen molar-refractivity contribution in [2.24, 2.45) is 0 Å². The second-order valence-corrected chi connectivity index (χ2v) is 11.2. The number of benzene rings is 1. The van der Waals surface area contributed by atoms with Gasteiger partial charge in [0.05, 0.1) is 10.9 Å². The summed E-state index contributed by atoms with van der Waals surface area (Å²) in [6.45, 7) is 3.40. The lowest BCUT2D eigenvalue weighted by molar-refractivity contribution is -0.192. The van der Waals surface area contributed by atoms with E-state index in [1.165, 1.54) is 0 Å². The van der Waals surface area contributed by atoms with Gasteiger partial charge in [-0.1, -0.05) is 29.8 Å². The fraction of sp³-hybridized carbons (Fsp3) is 0.667. The molecule has 4 rings (SSSR count). The van der Waals surface area contributed by atoms with Gasteiger partial charge >= 0.3 is 12.1 Å². The van der Waals surface area contributed by atoms with Crippen molar-refractivity contribution >= 4 is 27.6 Å². The average molecular weight is 513 g/mol. The highest BCUT2D eigenvalue weighted by molar-refractivity contribution is 7.90. The van der Waals surface area contributed by atoms with Gasteiger partial charge in [0, 0.05) is 37.3 Å². The molecule has 1 unspecified atom stereocenters. The maximum absolute atomic E-state index is 12.2. The molecule has 2 N–H and O–H groups in total. The SMILES string of the molecule is O=C(O)C(F)(F)F.O=S(=O)(NC1CCOC2(CCN(Cc3ccccc3Cl)CC2)C1)C1CC1. The molecule has 2 aliphatic heterocycles. The zero-order valence-corrected chi connectivity index (χ0v) is 19.6. The zero-order chi connectivity index (χ0) is 24.3. The number of piperidine rings is 1. The van der Waals surface area contributed by atoms with Crippen LogP contribution in [-0.4, -0.2) is 67.2 Å². The number of carboxylic acids is 1. The van der Waals surface area contributed by atoms with Gasteiger partial charge in [-0.3, -0.25) is 4.90 Å². The Bertz CT molecular complexity index is 932. The lowest BCUT2D eigenvalue weighted by Gasteiger charge is -2.46. The van der Waals surface area contributed by atoms with Crippen molar-refractivity contribution in [2.45, 2.75) is 68.1 Å². The summed E-state index contributed by atoms with van der Waals surface area (Å²) in [6.07, 6.45) is -0.0183. The van der Waals surface area contributed by atoms with Crippen molar-refractivity contribution in [3.63, 3.8) is 0 Å². The maximum atomic E-state index is 12.2. The summed E-state index contributed by atoms with van der Waals surface area (Å²) >= 11 is 6.28. The summed E-state index contributed by atoms with van der Waals surface area (Å²) < 4.78 is 65.3. The Morgan fingerprint density at radius 1 is 1.21 bits per heavy atom.